The summed E-state index contributed by atoms with van der Waals surface area (Å²) in [6.07, 6.45) is -13.2. The highest BCUT2D eigenvalue weighted by Gasteiger charge is 2.73. The first-order valence-electron chi connectivity index (χ1n) is 11.2. The maximum Gasteiger partial charge on any atom is 0.435 e. The molecule has 0 aliphatic rings. The highest BCUT2D eigenvalue weighted by atomic mass is 79.9. The number of nitrogens with one attached hydrogen (secondary N) is 2. The standard InChI is InChI=1S/C25H14BrF11N2O4/c1-42-19-12(5-3-7-15(19)38-20(40)11-4-2-6-14(27)17(11)28)21(41)39-18-13(26)8-10(9-16(18)43-22(29)30)23(31,24(32,33)34)25(35,36)37/h2-9,22H,1H3,(H,38,40)(H,39,41). The van der Waals surface area contributed by atoms with Crippen LogP contribution in [-0.2, 0) is 5.67 Å². The number of carbonyl (C=O) groups excluding carboxylic acids is 2. The van der Waals surface area contributed by atoms with Gasteiger partial charge >= 0.3 is 24.6 Å². The van der Waals surface area contributed by atoms with Gasteiger partial charge in [-0.1, -0.05) is 12.1 Å². The Kier molecular flexibility index (Phi) is 9.52. The quantitative estimate of drug-likeness (QED) is 0.234. The van der Waals surface area contributed by atoms with Crippen LogP contribution in [0.25, 0.3) is 0 Å². The fraction of sp³-hybridized carbons (Fsp3) is 0.200. The maximum absolute atomic E-state index is 14.6. The van der Waals surface area contributed by atoms with E-state index < -0.39 is 86.4 Å². The Balaban J connectivity index is 2.06. The Labute approximate surface area is 241 Å². The molecule has 0 spiro atoms. The summed E-state index contributed by atoms with van der Waals surface area (Å²) in [5, 5.41) is 4.10. The van der Waals surface area contributed by atoms with Crippen molar-refractivity contribution in [2.24, 2.45) is 0 Å². The Hall–Kier alpha value is -4.09. The summed E-state index contributed by atoms with van der Waals surface area (Å²) in [5.74, 6) is -7.29. The molecule has 3 aromatic rings. The predicted molar refractivity (Wildman–Crippen MR) is 131 cm³/mol. The number of rotatable bonds is 8. The second-order valence-electron chi connectivity index (χ2n) is 8.26. The van der Waals surface area contributed by atoms with Gasteiger partial charge in [0.2, 0.25) is 0 Å². The van der Waals surface area contributed by atoms with E-state index in [1.54, 1.807) is 0 Å². The summed E-state index contributed by atoms with van der Waals surface area (Å²) < 4.78 is 156. The number of benzene rings is 3. The van der Waals surface area contributed by atoms with E-state index in [4.69, 9.17) is 4.74 Å². The number of alkyl halides is 9. The third-order valence-electron chi connectivity index (χ3n) is 5.60. The van der Waals surface area contributed by atoms with E-state index in [0.717, 1.165) is 43.5 Å². The Morgan fingerprint density at radius 2 is 1.40 bits per heavy atom. The minimum atomic E-state index is -6.59. The average molecular weight is 695 g/mol. The molecule has 3 rings (SSSR count). The van der Waals surface area contributed by atoms with Crippen molar-refractivity contribution in [2.45, 2.75) is 24.6 Å². The lowest BCUT2D eigenvalue weighted by Crippen LogP contribution is -2.50. The van der Waals surface area contributed by atoms with Crippen LogP contribution < -0.4 is 20.1 Å². The summed E-state index contributed by atoms with van der Waals surface area (Å²) in [6.45, 7) is -3.86. The molecule has 0 aliphatic heterocycles. The number of halogens is 12. The molecule has 232 valence electrons. The minimum Gasteiger partial charge on any atom is -0.494 e. The average Bonchev–Trinajstić information content (AvgIpc) is 2.89. The number of anilines is 2. The highest BCUT2D eigenvalue weighted by Crippen LogP contribution is 2.55. The molecule has 0 atom stereocenters. The first kappa shape index (κ1) is 33.4. The van der Waals surface area contributed by atoms with Crippen LogP contribution in [0, 0.1) is 11.6 Å². The smallest absolute Gasteiger partial charge is 0.435 e. The molecule has 2 N–H and O–H groups in total. The van der Waals surface area contributed by atoms with Crippen LogP contribution in [0.2, 0.25) is 0 Å². The van der Waals surface area contributed by atoms with Crippen molar-refractivity contribution in [3.8, 4) is 11.5 Å². The van der Waals surface area contributed by atoms with E-state index in [2.05, 4.69) is 26.0 Å². The van der Waals surface area contributed by atoms with Crippen molar-refractivity contribution in [3.63, 3.8) is 0 Å². The first-order chi connectivity index (χ1) is 19.8. The fourth-order valence-corrected chi connectivity index (χ4v) is 4.20. The lowest BCUT2D eigenvalue weighted by atomic mass is 9.93. The van der Waals surface area contributed by atoms with Gasteiger partial charge in [0.1, 0.15) is 0 Å². The Morgan fingerprint density at radius 3 is 1.95 bits per heavy atom. The van der Waals surface area contributed by atoms with Crippen LogP contribution in [0.5, 0.6) is 11.5 Å². The lowest BCUT2D eigenvalue weighted by molar-refractivity contribution is -0.348. The molecule has 0 bridgehead atoms. The normalized spacial score (nSPS) is 12.2. The molecule has 0 fully saturated rings. The van der Waals surface area contributed by atoms with Crippen molar-refractivity contribution in [1.82, 2.24) is 0 Å². The third-order valence-corrected chi connectivity index (χ3v) is 6.22. The van der Waals surface area contributed by atoms with Gasteiger partial charge in [-0.05, 0) is 52.3 Å². The fourth-order valence-electron chi connectivity index (χ4n) is 3.66. The number of hydrogen-bond donors (Lipinski definition) is 2. The van der Waals surface area contributed by atoms with Crippen LogP contribution in [0.3, 0.4) is 0 Å². The zero-order valence-corrected chi connectivity index (χ0v) is 22.5. The zero-order chi connectivity index (χ0) is 32.5. The number of methoxy groups -OCH3 is 1. The molecule has 0 aliphatic carbocycles. The van der Waals surface area contributed by atoms with E-state index in [1.807, 2.05) is 5.32 Å². The predicted octanol–water partition coefficient (Wildman–Crippen LogP) is 8.13. The monoisotopic (exact) mass is 694 g/mol. The van der Waals surface area contributed by atoms with Crippen molar-refractivity contribution in [2.75, 3.05) is 17.7 Å². The second kappa shape index (κ2) is 12.3. The number of ether oxygens (including phenoxy) is 2. The minimum absolute atomic E-state index is 0.0453. The number of para-hydroxylation sites is 1. The molecule has 6 nitrogen and oxygen atoms in total. The van der Waals surface area contributed by atoms with Crippen molar-refractivity contribution >= 4 is 39.1 Å². The lowest BCUT2D eigenvalue weighted by Gasteiger charge is -2.31. The van der Waals surface area contributed by atoms with Gasteiger partial charge in [-0.15, -0.1) is 0 Å². The molecule has 0 aromatic heterocycles. The van der Waals surface area contributed by atoms with Crippen LogP contribution in [0.15, 0.2) is 53.0 Å². The van der Waals surface area contributed by atoms with E-state index >= 15 is 0 Å². The largest absolute Gasteiger partial charge is 0.494 e. The molecule has 0 saturated heterocycles. The van der Waals surface area contributed by atoms with Crippen molar-refractivity contribution < 1.29 is 67.4 Å². The number of carbonyl (C=O) groups is 2. The van der Waals surface area contributed by atoms with E-state index in [0.29, 0.717) is 0 Å². The van der Waals surface area contributed by atoms with Crippen LogP contribution in [-0.4, -0.2) is 37.9 Å². The van der Waals surface area contributed by atoms with Crippen molar-refractivity contribution in [1.29, 1.82) is 0 Å². The third kappa shape index (κ3) is 6.62. The van der Waals surface area contributed by atoms with Gasteiger partial charge < -0.3 is 20.1 Å². The van der Waals surface area contributed by atoms with Gasteiger partial charge in [0.15, 0.2) is 23.1 Å². The summed E-state index contributed by atoms with van der Waals surface area (Å²) in [4.78, 5) is 25.6. The Bertz CT molecular complexity index is 1530. The first-order valence-corrected chi connectivity index (χ1v) is 12.0. The number of hydrogen-bond acceptors (Lipinski definition) is 4. The molecule has 0 saturated carbocycles. The van der Waals surface area contributed by atoms with Crippen LogP contribution in [0.1, 0.15) is 26.3 Å². The van der Waals surface area contributed by atoms with E-state index in [-0.39, 0.29) is 17.8 Å². The molecular formula is C25H14BrF11N2O4. The molecule has 2 amide bonds. The van der Waals surface area contributed by atoms with Gasteiger partial charge in [0.05, 0.1) is 29.6 Å². The van der Waals surface area contributed by atoms with E-state index in [9.17, 15) is 57.9 Å². The molecule has 0 heterocycles. The van der Waals surface area contributed by atoms with Gasteiger partial charge in [-0.3, -0.25) is 9.59 Å². The molecule has 3 aromatic carbocycles. The summed E-state index contributed by atoms with van der Waals surface area (Å²) in [5.41, 5.74) is -10.7. The number of amides is 2. The molecule has 18 heteroatoms. The highest BCUT2D eigenvalue weighted by molar-refractivity contribution is 9.10. The summed E-state index contributed by atoms with van der Waals surface area (Å²) >= 11 is 2.54. The SMILES string of the molecule is COc1c(NC(=O)c2cccc(F)c2F)cccc1C(=O)Nc1c(Br)cc(C(F)(C(F)(F)F)C(F)(F)F)cc1OC(F)F. The summed E-state index contributed by atoms with van der Waals surface area (Å²) in [6, 6.07) is 5.67. The second-order valence-corrected chi connectivity index (χ2v) is 9.11. The van der Waals surface area contributed by atoms with Crippen LogP contribution in [0.4, 0.5) is 59.7 Å². The summed E-state index contributed by atoms with van der Waals surface area (Å²) in [7, 11) is 0.996. The molecular weight excluding hydrogens is 681 g/mol. The maximum atomic E-state index is 14.6. The van der Waals surface area contributed by atoms with Crippen molar-refractivity contribution in [3.05, 3.63) is 81.3 Å². The van der Waals surface area contributed by atoms with Gasteiger partial charge in [0, 0.05) is 10.0 Å². The molecule has 0 unspecified atom stereocenters. The van der Waals surface area contributed by atoms with Gasteiger partial charge in [-0.2, -0.15) is 35.1 Å². The van der Waals surface area contributed by atoms with Gasteiger partial charge in [0.25, 0.3) is 11.8 Å². The zero-order valence-electron chi connectivity index (χ0n) is 20.9. The topological polar surface area (TPSA) is 76.7 Å². The molecule has 43 heavy (non-hydrogen) atoms. The molecule has 0 radical (unpaired) electrons. The Morgan fingerprint density at radius 1 is 0.837 bits per heavy atom. The van der Waals surface area contributed by atoms with Crippen LogP contribution >= 0.6 is 15.9 Å². The van der Waals surface area contributed by atoms with E-state index in [1.165, 1.54) is 0 Å². The van der Waals surface area contributed by atoms with Gasteiger partial charge in [-0.25, -0.2) is 13.2 Å².